The van der Waals surface area contributed by atoms with E-state index in [1.54, 1.807) is 18.3 Å². The number of aromatic nitrogens is 1. The molecule has 2 N–H and O–H groups in total. The molecule has 1 heterocycles. The van der Waals surface area contributed by atoms with Crippen LogP contribution in [0.3, 0.4) is 0 Å². The zero-order chi connectivity index (χ0) is 14.4. The SMILES string of the molecule is CCOc1ccc(C(=O)NC2CCC(CO)CC2)cn1. The molecule has 0 unspecified atom stereocenters. The molecule has 0 spiro atoms. The second-order valence-electron chi connectivity index (χ2n) is 5.19. The highest BCUT2D eigenvalue weighted by Gasteiger charge is 2.22. The maximum atomic E-state index is 12.1. The summed E-state index contributed by atoms with van der Waals surface area (Å²) >= 11 is 0. The molecule has 0 aliphatic heterocycles. The molecule has 2 rings (SSSR count). The van der Waals surface area contributed by atoms with E-state index in [4.69, 9.17) is 9.84 Å². The van der Waals surface area contributed by atoms with Crippen LogP contribution in [0.2, 0.25) is 0 Å². The molecule has 0 aromatic carbocycles. The van der Waals surface area contributed by atoms with Gasteiger partial charge in [0.15, 0.2) is 0 Å². The first-order valence-electron chi connectivity index (χ1n) is 7.23. The molecule has 0 atom stereocenters. The summed E-state index contributed by atoms with van der Waals surface area (Å²) < 4.78 is 5.25. The molecule has 1 fully saturated rings. The molecule has 5 heteroatoms. The third kappa shape index (κ3) is 3.93. The van der Waals surface area contributed by atoms with Crippen molar-refractivity contribution in [2.75, 3.05) is 13.2 Å². The predicted octanol–water partition coefficient (Wildman–Crippen LogP) is 1.76. The van der Waals surface area contributed by atoms with Crippen molar-refractivity contribution in [3.63, 3.8) is 0 Å². The number of rotatable bonds is 5. The van der Waals surface area contributed by atoms with Crippen LogP contribution >= 0.6 is 0 Å². The van der Waals surface area contributed by atoms with Gasteiger partial charge in [0.2, 0.25) is 5.88 Å². The number of hydrogen-bond acceptors (Lipinski definition) is 4. The van der Waals surface area contributed by atoms with E-state index in [-0.39, 0.29) is 18.6 Å². The van der Waals surface area contributed by atoms with Crippen molar-refractivity contribution in [1.29, 1.82) is 0 Å². The molecule has 5 nitrogen and oxygen atoms in total. The van der Waals surface area contributed by atoms with Gasteiger partial charge in [-0.05, 0) is 44.6 Å². The highest BCUT2D eigenvalue weighted by molar-refractivity contribution is 5.94. The quantitative estimate of drug-likeness (QED) is 0.861. The van der Waals surface area contributed by atoms with E-state index < -0.39 is 0 Å². The lowest BCUT2D eigenvalue weighted by molar-refractivity contribution is 0.0913. The van der Waals surface area contributed by atoms with Gasteiger partial charge in [0, 0.05) is 24.9 Å². The Labute approximate surface area is 119 Å². The largest absolute Gasteiger partial charge is 0.478 e. The summed E-state index contributed by atoms with van der Waals surface area (Å²) in [5, 5.41) is 12.1. The van der Waals surface area contributed by atoms with Crippen molar-refractivity contribution >= 4 is 5.91 Å². The van der Waals surface area contributed by atoms with Crippen molar-refractivity contribution in [2.24, 2.45) is 5.92 Å². The molecular formula is C15H22N2O3. The number of aliphatic hydroxyl groups is 1. The number of carbonyl (C=O) groups excluding carboxylic acids is 1. The Kier molecular flexibility index (Phi) is 5.35. The molecule has 0 saturated heterocycles. The topological polar surface area (TPSA) is 71.5 Å². The van der Waals surface area contributed by atoms with E-state index in [1.165, 1.54) is 0 Å². The fourth-order valence-electron chi connectivity index (χ4n) is 2.51. The average Bonchev–Trinajstić information content (AvgIpc) is 2.49. The minimum absolute atomic E-state index is 0.0898. The highest BCUT2D eigenvalue weighted by atomic mass is 16.5. The van der Waals surface area contributed by atoms with E-state index >= 15 is 0 Å². The summed E-state index contributed by atoms with van der Waals surface area (Å²) in [5.74, 6) is 0.843. The molecule has 1 aromatic heterocycles. The van der Waals surface area contributed by atoms with Gasteiger partial charge in [0.1, 0.15) is 0 Å². The molecule has 110 valence electrons. The summed E-state index contributed by atoms with van der Waals surface area (Å²) in [6.07, 6.45) is 5.36. The Hall–Kier alpha value is -1.62. The van der Waals surface area contributed by atoms with Crippen LogP contribution < -0.4 is 10.1 Å². The second-order valence-corrected chi connectivity index (χ2v) is 5.19. The van der Waals surface area contributed by atoms with Gasteiger partial charge in [0.25, 0.3) is 5.91 Å². The van der Waals surface area contributed by atoms with Gasteiger partial charge in [-0.3, -0.25) is 4.79 Å². The van der Waals surface area contributed by atoms with E-state index in [1.807, 2.05) is 6.92 Å². The normalized spacial score (nSPS) is 22.3. The van der Waals surface area contributed by atoms with Crippen LogP contribution in [0.15, 0.2) is 18.3 Å². The number of pyridine rings is 1. The van der Waals surface area contributed by atoms with Gasteiger partial charge in [-0.1, -0.05) is 0 Å². The molecule has 0 bridgehead atoms. The van der Waals surface area contributed by atoms with Gasteiger partial charge < -0.3 is 15.2 Å². The third-order valence-electron chi connectivity index (χ3n) is 3.73. The Balaban J connectivity index is 1.85. The summed E-state index contributed by atoms with van der Waals surface area (Å²) in [6.45, 7) is 2.71. The molecule has 1 aliphatic rings. The van der Waals surface area contributed by atoms with Crippen LogP contribution in [0.25, 0.3) is 0 Å². The zero-order valence-electron chi connectivity index (χ0n) is 11.8. The second kappa shape index (κ2) is 7.24. The zero-order valence-corrected chi connectivity index (χ0v) is 11.8. The summed E-state index contributed by atoms with van der Waals surface area (Å²) in [7, 11) is 0. The van der Waals surface area contributed by atoms with Gasteiger partial charge in [-0.2, -0.15) is 0 Å². The number of aliphatic hydroxyl groups excluding tert-OH is 1. The lowest BCUT2D eigenvalue weighted by Crippen LogP contribution is -2.38. The van der Waals surface area contributed by atoms with Crippen molar-refractivity contribution in [3.05, 3.63) is 23.9 Å². The Morgan fingerprint density at radius 3 is 2.70 bits per heavy atom. The third-order valence-corrected chi connectivity index (χ3v) is 3.73. The molecule has 1 aromatic rings. The Morgan fingerprint density at radius 1 is 1.40 bits per heavy atom. The minimum Gasteiger partial charge on any atom is -0.478 e. The lowest BCUT2D eigenvalue weighted by Gasteiger charge is -2.27. The van der Waals surface area contributed by atoms with Crippen LogP contribution in [0, 0.1) is 5.92 Å². The molecule has 20 heavy (non-hydrogen) atoms. The maximum absolute atomic E-state index is 12.1. The van der Waals surface area contributed by atoms with E-state index in [2.05, 4.69) is 10.3 Å². The number of carbonyl (C=O) groups is 1. The smallest absolute Gasteiger partial charge is 0.253 e. The lowest BCUT2D eigenvalue weighted by atomic mass is 9.86. The van der Waals surface area contributed by atoms with Gasteiger partial charge in [-0.15, -0.1) is 0 Å². The number of nitrogens with one attached hydrogen (secondary N) is 1. The number of hydrogen-bond donors (Lipinski definition) is 2. The number of ether oxygens (including phenoxy) is 1. The molecule has 1 aliphatic carbocycles. The Bertz CT molecular complexity index is 425. The molecular weight excluding hydrogens is 256 g/mol. The average molecular weight is 278 g/mol. The van der Waals surface area contributed by atoms with E-state index in [0.29, 0.717) is 24.0 Å². The summed E-state index contributed by atoms with van der Waals surface area (Å²) in [4.78, 5) is 16.2. The fraction of sp³-hybridized carbons (Fsp3) is 0.600. The fourth-order valence-corrected chi connectivity index (χ4v) is 2.51. The predicted molar refractivity (Wildman–Crippen MR) is 75.7 cm³/mol. The molecule has 1 amide bonds. The van der Waals surface area contributed by atoms with Gasteiger partial charge in [-0.25, -0.2) is 4.98 Å². The Morgan fingerprint density at radius 2 is 2.15 bits per heavy atom. The summed E-state index contributed by atoms with van der Waals surface area (Å²) in [5.41, 5.74) is 0.553. The molecule has 0 radical (unpaired) electrons. The van der Waals surface area contributed by atoms with Crippen LogP contribution in [0.4, 0.5) is 0 Å². The maximum Gasteiger partial charge on any atom is 0.253 e. The minimum atomic E-state index is -0.0898. The van der Waals surface area contributed by atoms with Crippen LogP contribution in [-0.4, -0.2) is 35.3 Å². The first-order chi connectivity index (χ1) is 9.72. The van der Waals surface area contributed by atoms with Crippen LogP contribution in [0.5, 0.6) is 5.88 Å². The van der Waals surface area contributed by atoms with Crippen molar-refractivity contribution < 1.29 is 14.6 Å². The van der Waals surface area contributed by atoms with Crippen molar-refractivity contribution in [3.8, 4) is 5.88 Å². The van der Waals surface area contributed by atoms with Gasteiger partial charge >= 0.3 is 0 Å². The van der Waals surface area contributed by atoms with Crippen molar-refractivity contribution in [2.45, 2.75) is 38.6 Å². The van der Waals surface area contributed by atoms with Gasteiger partial charge in [0.05, 0.1) is 12.2 Å². The summed E-state index contributed by atoms with van der Waals surface area (Å²) in [6, 6.07) is 3.64. The van der Waals surface area contributed by atoms with Crippen molar-refractivity contribution in [1.82, 2.24) is 10.3 Å². The molecule has 1 saturated carbocycles. The standard InChI is InChI=1S/C15H22N2O3/c1-2-20-14-8-5-12(9-16-14)15(19)17-13-6-3-11(10-18)4-7-13/h5,8-9,11,13,18H,2-4,6-7,10H2,1H3,(H,17,19). The van der Waals surface area contributed by atoms with Crippen LogP contribution in [0.1, 0.15) is 43.0 Å². The first kappa shape index (κ1) is 14.8. The monoisotopic (exact) mass is 278 g/mol. The van der Waals surface area contributed by atoms with Crippen LogP contribution in [-0.2, 0) is 0 Å². The highest BCUT2D eigenvalue weighted by Crippen LogP contribution is 2.23. The van der Waals surface area contributed by atoms with E-state index in [0.717, 1.165) is 25.7 Å². The van der Waals surface area contributed by atoms with E-state index in [9.17, 15) is 4.79 Å². The first-order valence-corrected chi connectivity index (χ1v) is 7.23. The number of amides is 1. The number of nitrogens with zero attached hydrogens (tertiary/aromatic N) is 1.